The van der Waals surface area contributed by atoms with E-state index in [0.29, 0.717) is 17.9 Å². The van der Waals surface area contributed by atoms with Crippen molar-refractivity contribution < 1.29 is 17.9 Å². The summed E-state index contributed by atoms with van der Waals surface area (Å²) < 4.78 is 31.0. The predicted molar refractivity (Wildman–Crippen MR) is 104 cm³/mol. The fraction of sp³-hybridized carbons (Fsp3) is 0.316. The zero-order valence-corrected chi connectivity index (χ0v) is 16.1. The minimum atomic E-state index is -3.49. The molecule has 0 bridgehead atoms. The van der Waals surface area contributed by atoms with Crippen LogP contribution in [0.25, 0.3) is 0 Å². The molecule has 0 spiro atoms. The van der Waals surface area contributed by atoms with Gasteiger partial charge in [-0.15, -0.1) is 0 Å². The third kappa shape index (κ3) is 4.98. The molecular weight excluding hydrogens is 352 g/mol. The van der Waals surface area contributed by atoms with Crippen molar-refractivity contribution in [2.45, 2.75) is 12.8 Å². The quantitative estimate of drug-likeness (QED) is 0.710. The van der Waals surface area contributed by atoms with E-state index >= 15 is 0 Å². The highest BCUT2D eigenvalue weighted by molar-refractivity contribution is 7.92. The summed E-state index contributed by atoms with van der Waals surface area (Å²) in [6.45, 7) is 0.202. The summed E-state index contributed by atoms with van der Waals surface area (Å²) in [6.07, 6.45) is 1.80. The minimum absolute atomic E-state index is 0.0651. The van der Waals surface area contributed by atoms with Gasteiger partial charge in [0.25, 0.3) is 0 Å². The van der Waals surface area contributed by atoms with Gasteiger partial charge in [-0.25, -0.2) is 8.42 Å². The van der Waals surface area contributed by atoms with Crippen molar-refractivity contribution in [3.05, 3.63) is 54.6 Å². The number of carbonyl (C=O) groups is 1. The molecule has 0 aliphatic rings. The number of anilines is 2. The fourth-order valence-electron chi connectivity index (χ4n) is 2.64. The molecule has 0 fully saturated rings. The molecule has 0 aromatic heterocycles. The maximum absolute atomic E-state index is 12.4. The van der Waals surface area contributed by atoms with E-state index in [9.17, 15) is 13.2 Å². The summed E-state index contributed by atoms with van der Waals surface area (Å²) >= 11 is 0. The molecule has 0 radical (unpaired) electrons. The first-order valence-electron chi connectivity index (χ1n) is 8.27. The summed E-state index contributed by atoms with van der Waals surface area (Å²) in [5.74, 6) is 0.412. The number of benzene rings is 2. The minimum Gasteiger partial charge on any atom is -0.495 e. The van der Waals surface area contributed by atoms with Crippen LogP contribution in [0.2, 0.25) is 0 Å². The summed E-state index contributed by atoms with van der Waals surface area (Å²) in [7, 11) is -0.280. The van der Waals surface area contributed by atoms with Crippen LogP contribution in [0.5, 0.6) is 5.75 Å². The van der Waals surface area contributed by atoms with Gasteiger partial charge in [-0.1, -0.05) is 30.3 Å². The third-order valence-electron chi connectivity index (χ3n) is 4.02. The smallest absolute Gasteiger partial charge is 0.232 e. The molecule has 0 saturated heterocycles. The molecular formula is C19H24N2O4S. The maximum Gasteiger partial charge on any atom is 0.232 e. The molecule has 2 aromatic carbocycles. The van der Waals surface area contributed by atoms with Gasteiger partial charge in [-0.3, -0.25) is 9.10 Å². The molecule has 1 amide bonds. The summed E-state index contributed by atoms with van der Waals surface area (Å²) in [5, 5.41) is 0. The Morgan fingerprint density at radius 2 is 1.65 bits per heavy atom. The zero-order valence-electron chi connectivity index (χ0n) is 15.3. The number of ether oxygens (including phenoxy) is 1. The lowest BCUT2D eigenvalue weighted by atomic mass is 10.2. The van der Waals surface area contributed by atoms with Crippen molar-refractivity contribution in [2.75, 3.05) is 36.2 Å². The van der Waals surface area contributed by atoms with Gasteiger partial charge in [-0.2, -0.15) is 0 Å². The molecule has 0 heterocycles. The molecule has 2 aromatic rings. The van der Waals surface area contributed by atoms with Crippen molar-refractivity contribution in [3.63, 3.8) is 0 Å². The standard InChI is InChI=1S/C19H24N2O4S/c1-20(16-10-5-4-6-11-16)19(22)14-9-15-21(26(3,23)24)17-12-7-8-13-18(17)25-2/h4-8,10-13H,9,14-15H2,1-3H3. The molecule has 0 aliphatic heterocycles. The van der Waals surface area contributed by atoms with Gasteiger partial charge in [0.1, 0.15) is 5.75 Å². The van der Waals surface area contributed by atoms with Crippen molar-refractivity contribution in [1.29, 1.82) is 0 Å². The first-order valence-corrected chi connectivity index (χ1v) is 10.1. The van der Waals surface area contributed by atoms with Crippen LogP contribution < -0.4 is 13.9 Å². The first-order chi connectivity index (χ1) is 12.3. The van der Waals surface area contributed by atoms with Crippen LogP contribution in [-0.2, 0) is 14.8 Å². The lowest BCUT2D eigenvalue weighted by molar-refractivity contribution is -0.118. The number of hydrogen-bond acceptors (Lipinski definition) is 4. The van der Waals surface area contributed by atoms with Gasteiger partial charge < -0.3 is 9.64 Å². The van der Waals surface area contributed by atoms with Gasteiger partial charge >= 0.3 is 0 Å². The number of para-hydroxylation sites is 3. The van der Waals surface area contributed by atoms with Crippen LogP contribution >= 0.6 is 0 Å². The number of amides is 1. The number of carbonyl (C=O) groups excluding carboxylic acids is 1. The Bertz CT molecular complexity index is 838. The van der Waals surface area contributed by atoms with Gasteiger partial charge in [-0.05, 0) is 30.7 Å². The van der Waals surface area contributed by atoms with Crippen molar-refractivity contribution >= 4 is 27.3 Å². The number of rotatable bonds is 8. The monoisotopic (exact) mass is 376 g/mol. The third-order valence-corrected chi connectivity index (χ3v) is 5.20. The van der Waals surface area contributed by atoms with Crippen molar-refractivity contribution in [1.82, 2.24) is 0 Å². The molecule has 140 valence electrons. The molecule has 26 heavy (non-hydrogen) atoms. The first kappa shape index (κ1) is 19.8. The van der Waals surface area contributed by atoms with Gasteiger partial charge in [0.2, 0.25) is 15.9 Å². The maximum atomic E-state index is 12.4. The van der Waals surface area contributed by atoms with Crippen LogP contribution in [-0.4, -0.2) is 41.3 Å². The Labute approximate surface area is 155 Å². The zero-order chi connectivity index (χ0) is 19.2. The van der Waals surface area contributed by atoms with Crippen LogP contribution in [0.15, 0.2) is 54.6 Å². The van der Waals surface area contributed by atoms with E-state index in [1.807, 2.05) is 30.3 Å². The topological polar surface area (TPSA) is 66.9 Å². The number of sulfonamides is 1. The predicted octanol–water partition coefficient (Wildman–Crippen LogP) is 2.90. The Balaban J connectivity index is 2.06. The number of hydrogen-bond donors (Lipinski definition) is 0. The Morgan fingerprint density at radius 1 is 1.04 bits per heavy atom. The average Bonchev–Trinajstić information content (AvgIpc) is 2.64. The fourth-order valence-corrected chi connectivity index (χ4v) is 3.61. The van der Waals surface area contributed by atoms with Crippen LogP contribution in [0.4, 0.5) is 11.4 Å². The van der Waals surface area contributed by atoms with E-state index in [1.54, 1.807) is 36.2 Å². The van der Waals surface area contributed by atoms with E-state index in [1.165, 1.54) is 11.4 Å². The molecule has 6 nitrogen and oxygen atoms in total. The van der Waals surface area contributed by atoms with Gasteiger partial charge in [0, 0.05) is 25.7 Å². The second-order valence-corrected chi connectivity index (χ2v) is 7.81. The SMILES string of the molecule is COc1ccccc1N(CCCC(=O)N(C)c1ccccc1)S(C)(=O)=O. The van der Waals surface area contributed by atoms with E-state index in [-0.39, 0.29) is 18.9 Å². The van der Waals surface area contributed by atoms with E-state index < -0.39 is 10.0 Å². The van der Waals surface area contributed by atoms with E-state index in [4.69, 9.17) is 4.74 Å². The highest BCUT2D eigenvalue weighted by Gasteiger charge is 2.21. The molecule has 7 heteroatoms. The van der Waals surface area contributed by atoms with Crippen LogP contribution in [0.1, 0.15) is 12.8 Å². The summed E-state index contributed by atoms with van der Waals surface area (Å²) in [6, 6.07) is 16.3. The van der Waals surface area contributed by atoms with Gasteiger partial charge in [0.15, 0.2) is 0 Å². The largest absolute Gasteiger partial charge is 0.495 e. The second kappa shape index (κ2) is 8.71. The molecule has 0 aliphatic carbocycles. The van der Waals surface area contributed by atoms with Crippen molar-refractivity contribution in [3.8, 4) is 5.75 Å². The molecule has 0 saturated carbocycles. The normalized spacial score (nSPS) is 11.0. The lowest BCUT2D eigenvalue weighted by Crippen LogP contribution is -2.32. The Kier molecular flexibility index (Phi) is 6.63. The highest BCUT2D eigenvalue weighted by Crippen LogP contribution is 2.29. The van der Waals surface area contributed by atoms with Crippen LogP contribution in [0, 0.1) is 0 Å². The molecule has 2 rings (SSSR count). The Hall–Kier alpha value is -2.54. The average molecular weight is 376 g/mol. The van der Waals surface area contributed by atoms with Crippen molar-refractivity contribution in [2.24, 2.45) is 0 Å². The molecule has 0 unspecified atom stereocenters. The Morgan fingerprint density at radius 3 is 2.27 bits per heavy atom. The summed E-state index contributed by atoms with van der Waals surface area (Å²) in [5.41, 5.74) is 1.28. The molecule has 0 atom stereocenters. The van der Waals surface area contributed by atoms with E-state index in [0.717, 1.165) is 11.9 Å². The highest BCUT2D eigenvalue weighted by atomic mass is 32.2. The van der Waals surface area contributed by atoms with E-state index in [2.05, 4.69) is 0 Å². The molecule has 0 N–H and O–H groups in total. The lowest BCUT2D eigenvalue weighted by Gasteiger charge is -2.24. The number of nitrogens with zero attached hydrogens (tertiary/aromatic N) is 2. The van der Waals surface area contributed by atoms with Crippen LogP contribution in [0.3, 0.4) is 0 Å². The van der Waals surface area contributed by atoms with Gasteiger partial charge in [0.05, 0.1) is 19.1 Å². The second-order valence-electron chi connectivity index (χ2n) is 5.90. The number of methoxy groups -OCH3 is 1. The summed E-state index contributed by atoms with van der Waals surface area (Å²) in [4.78, 5) is 13.9.